The average Bonchev–Trinajstić information content (AvgIpc) is 1.83. The predicted octanol–water partition coefficient (Wildman–Crippen LogP) is 0.294. The summed E-state index contributed by atoms with van der Waals surface area (Å²) in [6.07, 6.45) is 1.35. The zero-order valence-electron chi connectivity index (χ0n) is 4.50. The molecule has 1 aromatic heterocycles. The monoisotopic (exact) mass is 144 g/mol. The summed E-state index contributed by atoms with van der Waals surface area (Å²) in [4.78, 5) is 0. The Balaban J connectivity index is 3.25. The van der Waals surface area contributed by atoms with Crippen LogP contribution >= 0.6 is 11.6 Å². The lowest BCUT2D eigenvalue weighted by atomic mass is 10.4. The van der Waals surface area contributed by atoms with Gasteiger partial charge in [0.05, 0.1) is 17.6 Å². The molecule has 0 bridgehead atoms. The summed E-state index contributed by atoms with van der Waals surface area (Å²) in [7, 11) is 0. The van der Waals surface area contributed by atoms with Crippen LogP contribution in [0.15, 0.2) is 6.20 Å². The van der Waals surface area contributed by atoms with E-state index in [0.717, 1.165) is 0 Å². The van der Waals surface area contributed by atoms with Crippen molar-refractivity contribution >= 4 is 23.0 Å². The lowest BCUT2D eigenvalue weighted by Crippen LogP contribution is -1.97. The van der Waals surface area contributed by atoms with Gasteiger partial charge in [0.25, 0.3) is 0 Å². The van der Waals surface area contributed by atoms with Gasteiger partial charge in [-0.3, -0.25) is 0 Å². The number of nitrogen functional groups attached to an aromatic ring is 2. The van der Waals surface area contributed by atoms with Crippen molar-refractivity contribution in [2.24, 2.45) is 0 Å². The van der Waals surface area contributed by atoms with Crippen molar-refractivity contribution in [1.29, 1.82) is 0 Å². The van der Waals surface area contributed by atoms with E-state index in [0.29, 0.717) is 5.69 Å². The van der Waals surface area contributed by atoms with E-state index in [1.54, 1.807) is 0 Å². The van der Waals surface area contributed by atoms with Gasteiger partial charge in [0, 0.05) is 0 Å². The van der Waals surface area contributed by atoms with E-state index in [1.807, 2.05) is 0 Å². The van der Waals surface area contributed by atoms with E-state index in [-0.39, 0.29) is 10.8 Å². The Morgan fingerprint density at radius 2 is 2.11 bits per heavy atom. The summed E-state index contributed by atoms with van der Waals surface area (Å²) in [5.41, 5.74) is 11.3. The standard InChI is InChI=1S/C4H5ClN4/c5-4-3(7)2(6)1-8-9-4/h1H,(H2,6,9)(H2,7,8). The Kier molecular flexibility index (Phi) is 1.40. The maximum Gasteiger partial charge on any atom is 0.176 e. The van der Waals surface area contributed by atoms with Crippen molar-refractivity contribution in [3.63, 3.8) is 0 Å². The molecule has 0 fully saturated rings. The van der Waals surface area contributed by atoms with Gasteiger partial charge < -0.3 is 11.5 Å². The SMILES string of the molecule is Nc1cnnc(Cl)c1N. The fraction of sp³-hybridized carbons (Fsp3) is 0. The molecule has 0 unspecified atom stereocenters. The molecule has 1 heterocycles. The molecule has 5 heteroatoms. The Bertz CT molecular complexity index is 204. The first-order chi connectivity index (χ1) is 4.22. The van der Waals surface area contributed by atoms with Crippen LogP contribution < -0.4 is 11.5 Å². The third-order valence-electron chi connectivity index (χ3n) is 0.876. The number of nitrogens with two attached hydrogens (primary N) is 2. The van der Waals surface area contributed by atoms with Gasteiger partial charge in [0.2, 0.25) is 0 Å². The van der Waals surface area contributed by atoms with E-state index in [2.05, 4.69) is 10.2 Å². The van der Waals surface area contributed by atoms with E-state index in [9.17, 15) is 0 Å². The first kappa shape index (κ1) is 6.10. The van der Waals surface area contributed by atoms with Crippen LogP contribution in [0.2, 0.25) is 5.15 Å². The van der Waals surface area contributed by atoms with E-state index < -0.39 is 0 Å². The molecule has 0 aromatic carbocycles. The van der Waals surface area contributed by atoms with Crippen LogP contribution in [0.4, 0.5) is 11.4 Å². The largest absolute Gasteiger partial charge is 0.396 e. The molecule has 48 valence electrons. The molecule has 1 rings (SSSR count). The number of anilines is 2. The molecular weight excluding hydrogens is 140 g/mol. The molecule has 1 aromatic rings. The van der Waals surface area contributed by atoms with Crippen molar-refractivity contribution in [1.82, 2.24) is 10.2 Å². The summed E-state index contributed by atoms with van der Waals surface area (Å²) < 4.78 is 0. The molecule has 0 saturated heterocycles. The molecule has 4 N–H and O–H groups in total. The summed E-state index contributed by atoms with van der Waals surface area (Å²) in [6, 6.07) is 0. The van der Waals surface area contributed by atoms with E-state index in [4.69, 9.17) is 23.1 Å². The highest BCUT2D eigenvalue weighted by atomic mass is 35.5. The smallest absolute Gasteiger partial charge is 0.176 e. The van der Waals surface area contributed by atoms with Crippen LogP contribution in [0.1, 0.15) is 0 Å². The highest BCUT2D eigenvalue weighted by Gasteiger charge is 1.98. The van der Waals surface area contributed by atoms with Crippen LogP contribution in [0.3, 0.4) is 0 Å². The second-order valence-electron chi connectivity index (χ2n) is 1.50. The molecule has 4 nitrogen and oxygen atoms in total. The van der Waals surface area contributed by atoms with Gasteiger partial charge in [-0.1, -0.05) is 11.6 Å². The summed E-state index contributed by atoms with van der Waals surface area (Å²) in [6.45, 7) is 0. The van der Waals surface area contributed by atoms with E-state index >= 15 is 0 Å². The number of hydrogen-bond acceptors (Lipinski definition) is 4. The van der Waals surface area contributed by atoms with Crippen molar-refractivity contribution in [3.05, 3.63) is 11.3 Å². The topological polar surface area (TPSA) is 77.8 Å². The molecule has 0 amide bonds. The fourth-order valence-electron chi connectivity index (χ4n) is 0.384. The summed E-state index contributed by atoms with van der Waals surface area (Å²) >= 11 is 5.44. The van der Waals surface area contributed by atoms with Gasteiger partial charge in [0.15, 0.2) is 5.15 Å². The maximum atomic E-state index is 5.44. The Morgan fingerprint density at radius 3 is 2.56 bits per heavy atom. The van der Waals surface area contributed by atoms with Gasteiger partial charge in [-0.25, -0.2) is 0 Å². The normalized spacial score (nSPS) is 9.44. The van der Waals surface area contributed by atoms with Gasteiger partial charge in [-0.05, 0) is 0 Å². The number of aromatic nitrogens is 2. The Hall–Kier alpha value is -1.03. The summed E-state index contributed by atoms with van der Waals surface area (Å²) in [5, 5.41) is 7.06. The molecule has 0 radical (unpaired) electrons. The van der Waals surface area contributed by atoms with Crippen LogP contribution in [0, 0.1) is 0 Å². The molecule has 9 heavy (non-hydrogen) atoms. The fourth-order valence-corrected chi connectivity index (χ4v) is 0.537. The number of rotatable bonds is 0. The van der Waals surface area contributed by atoms with Crippen molar-refractivity contribution in [2.75, 3.05) is 11.5 Å². The van der Waals surface area contributed by atoms with Crippen molar-refractivity contribution < 1.29 is 0 Å². The Labute approximate surface area is 56.8 Å². The van der Waals surface area contributed by atoms with E-state index in [1.165, 1.54) is 6.20 Å². The Morgan fingerprint density at radius 1 is 1.44 bits per heavy atom. The molecule has 0 aliphatic carbocycles. The summed E-state index contributed by atoms with van der Waals surface area (Å²) in [5.74, 6) is 0. The molecule has 0 atom stereocenters. The first-order valence-electron chi connectivity index (χ1n) is 2.24. The predicted molar refractivity (Wildman–Crippen MR) is 35.9 cm³/mol. The molecule has 0 spiro atoms. The molecule has 0 saturated carbocycles. The highest BCUT2D eigenvalue weighted by molar-refractivity contribution is 6.32. The minimum atomic E-state index is 0.148. The zero-order valence-corrected chi connectivity index (χ0v) is 5.26. The molecule has 0 aliphatic rings. The van der Waals surface area contributed by atoms with Crippen LogP contribution in [-0.4, -0.2) is 10.2 Å². The number of hydrogen-bond donors (Lipinski definition) is 2. The van der Waals surface area contributed by atoms with Crippen LogP contribution in [0.25, 0.3) is 0 Å². The molecule has 0 aliphatic heterocycles. The van der Waals surface area contributed by atoms with Crippen molar-refractivity contribution in [2.45, 2.75) is 0 Å². The van der Waals surface area contributed by atoms with Gasteiger partial charge in [0.1, 0.15) is 0 Å². The first-order valence-corrected chi connectivity index (χ1v) is 2.61. The second-order valence-corrected chi connectivity index (χ2v) is 1.86. The lowest BCUT2D eigenvalue weighted by molar-refractivity contribution is 1.04. The quantitative estimate of drug-likeness (QED) is 0.549. The minimum Gasteiger partial charge on any atom is -0.396 e. The highest BCUT2D eigenvalue weighted by Crippen LogP contribution is 2.19. The number of nitrogens with zero attached hydrogens (tertiary/aromatic N) is 2. The van der Waals surface area contributed by atoms with Crippen LogP contribution in [0.5, 0.6) is 0 Å². The van der Waals surface area contributed by atoms with Gasteiger partial charge >= 0.3 is 0 Å². The lowest BCUT2D eigenvalue weighted by Gasteiger charge is -1.96. The third kappa shape index (κ3) is 1.02. The zero-order chi connectivity index (χ0) is 6.85. The van der Waals surface area contributed by atoms with Crippen molar-refractivity contribution in [3.8, 4) is 0 Å². The maximum absolute atomic E-state index is 5.44. The average molecular weight is 145 g/mol. The van der Waals surface area contributed by atoms with Crippen LogP contribution in [-0.2, 0) is 0 Å². The number of halogens is 1. The van der Waals surface area contributed by atoms with Gasteiger partial charge in [-0.15, -0.1) is 5.10 Å². The second kappa shape index (κ2) is 2.06. The van der Waals surface area contributed by atoms with Gasteiger partial charge in [-0.2, -0.15) is 5.10 Å². The minimum absolute atomic E-state index is 0.148. The molecular formula is C4H5ClN4. The third-order valence-corrected chi connectivity index (χ3v) is 1.15.